The van der Waals surface area contributed by atoms with E-state index in [1.165, 1.54) is 0 Å². The molecule has 150 valence electrons. The summed E-state index contributed by atoms with van der Waals surface area (Å²) < 4.78 is 139. The zero-order chi connectivity index (χ0) is 20.2. The summed E-state index contributed by atoms with van der Waals surface area (Å²) in [6.07, 6.45) is -3.35. The Morgan fingerprint density at radius 2 is 1.36 bits per heavy atom. The molecule has 0 atom stereocenters. The number of alkyl halides is 9. The number of halogens is 9. The maximum absolute atomic E-state index is 13.2. The molecule has 3 nitrogen and oxygen atoms in total. The number of hydrogen-bond donors (Lipinski definition) is 0. The van der Waals surface area contributed by atoms with Gasteiger partial charge in [-0.05, 0) is 18.9 Å². The first-order chi connectivity index (χ1) is 11.1. The van der Waals surface area contributed by atoms with Crippen LogP contribution in [0.25, 0.3) is 0 Å². The third-order valence-electron chi connectivity index (χ3n) is 2.93. The summed E-state index contributed by atoms with van der Waals surface area (Å²) in [5.74, 6) is -14.6. The third kappa shape index (κ3) is 4.94. The minimum Gasteiger partial charge on any atom is -0.386 e. The van der Waals surface area contributed by atoms with Gasteiger partial charge in [-0.25, -0.2) is 0 Å². The van der Waals surface area contributed by atoms with Gasteiger partial charge in [-0.1, -0.05) is 26.2 Å². The molecule has 0 unspecified atom stereocenters. The molecule has 0 radical (unpaired) electrons. The fourth-order valence-corrected chi connectivity index (χ4v) is 2.24. The molecule has 0 aliphatic rings. The highest BCUT2D eigenvalue weighted by Gasteiger charge is 2.86. The zero-order valence-corrected chi connectivity index (χ0v) is 13.5. The van der Waals surface area contributed by atoms with Crippen molar-refractivity contribution in [1.29, 1.82) is 0 Å². The van der Waals surface area contributed by atoms with Crippen molar-refractivity contribution >= 4 is 10.1 Å². The minimum absolute atomic E-state index is 0.0248. The largest absolute Gasteiger partial charge is 0.460 e. The van der Waals surface area contributed by atoms with E-state index in [2.05, 4.69) is 4.18 Å². The molecule has 0 N–H and O–H groups in total. The van der Waals surface area contributed by atoms with Crippen molar-refractivity contribution < 1.29 is 52.1 Å². The number of allylic oxidation sites excluding steroid dienone is 1. The number of hydrogen-bond acceptors (Lipinski definition) is 3. The fourth-order valence-electron chi connectivity index (χ4n) is 1.45. The fraction of sp³-hybridized carbons (Fsp3) is 0.833. The molecule has 0 fully saturated rings. The lowest BCUT2D eigenvalue weighted by Gasteiger charge is -2.32. The molecule has 0 saturated heterocycles. The summed E-state index contributed by atoms with van der Waals surface area (Å²) >= 11 is 0. The Hall–Kier alpha value is -1.14. The molecule has 0 aliphatic carbocycles. The molecule has 0 heterocycles. The van der Waals surface area contributed by atoms with Crippen molar-refractivity contribution in [3.63, 3.8) is 0 Å². The Morgan fingerprint density at radius 1 is 0.840 bits per heavy atom. The van der Waals surface area contributed by atoms with Gasteiger partial charge in [0.2, 0.25) is 0 Å². The molecule has 0 rings (SSSR count). The van der Waals surface area contributed by atoms with Crippen LogP contribution in [-0.4, -0.2) is 31.7 Å². The Balaban J connectivity index is 5.25. The lowest BCUT2D eigenvalue weighted by molar-refractivity contribution is -0.382. The lowest BCUT2D eigenvalue weighted by Crippen LogP contribution is -2.63. The molecular formula is C12H15F9O3S. The molecule has 0 amide bonds. The van der Waals surface area contributed by atoms with Crippen molar-refractivity contribution in [3.8, 4) is 0 Å². The molecule has 25 heavy (non-hydrogen) atoms. The van der Waals surface area contributed by atoms with Gasteiger partial charge in [0.25, 0.3) is 0 Å². The van der Waals surface area contributed by atoms with E-state index in [0.717, 1.165) is 18.9 Å². The molecule has 0 bridgehead atoms. The Bertz CT molecular complexity index is 553. The van der Waals surface area contributed by atoms with Crippen molar-refractivity contribution in [1.82, 2.24) is 0 Å². The average Bonchev–Trinajstić information content (AvgIpc) is 2.44. The van der Waals surface area contributed by atoms with E-state index in [-0.39, 0.29) is 12.7 Å². The second kappa shape index (κ2) is 8.04. The van der Waals surface area contributed by atoms with E-state index in [9.17, 15) is 47.9 Å². The third-order valence-corrected chi connectivity index (χ3v) is 4.18. The van der Waals surface area contributed by atoms with Gasteiger partial charge >= 0.3 is 33.4 Å². The number of rotatable bonds is 10. The first kappa shape index (κ1) is 23.9. The van der Waals surface area contributed by atoms with Crippen LogP contribution in [-0.2, 0) is 14.3 Å². The zero-order valence-electron chi connectivity index (χ0n) is 12.7. The van der Waals surface area contributed by atoms with Gasteiger partial charge in [0.1, 0.15) is 6.26 Å². The van der Waals surface area contributed by atoms with E-state index in [0.29, 0.717) is 12.8 Å². The summed E-state index contributed by atoms with van der Waals surface area (Å²) in [5.41, 5.74) is 0. The van der Waals surface area contributed by atoms with Crippen LogP contribution in [0.1, 0.15) is 39.0 Å². The first-order valence-electron chi connectivity index (χ1n) is 6.84. The monoisotopic (exact) mass is 410 g/mol. The molecule has 0 saturated carbocycles. The molecule has 0 spiro atoms. The van der Waals surface area contributed by atoms with E-state index >= 15 is 0 Å². The SMILES string of the molecule is CCCCCC/C=C/OS(=O)(=O)C(F)(F)C(F)(F)C(F)(F)C(F)(F)F. The predicted molar refractivity (Wildman–Crippen MR) is 68.8 cm³/mol. The van der Waals surface area contributed by atoms with Gasteiger partial charge in [0.15, 0.2) is 0 Å². The van der Waals surface area contributed by atoms with Crippen LogP contribution in [0.4, 0.5) is 39.5 Å². The first-order valence-corrected chi connectivity index (χ1v) is 8.25. The highest BCUT2D eigenvalue weighted by Crippen LogP contribution is 2.54. The van der Waals surface area contributed by atoms with Crippen LogP contribution in [0.2, 0.25) is 0 Å². The molecule has 0 aromatic heterocycles. The van der Waals surface area contributed by atoms with Crippen molar-refractivity contribution in [2.75, 3.05) is 0 Å². The van der Waals surface area contributed by atoms with Crippen LogP contribution < -0.4 is 0 Å². The van der Waals surface area contributed by atoms with Gasteiger partial charge in [0, 0.05) is 0 Å². The summed E-state index contributed by atoms with van der Waals surface area (Å²) in [4.78, 5) is 0. The molecule has 0 aromatic carbocycles. The lowest BCUT2D eigenvalue weighted by atomic mass is 10.1. The van der Waals surface area contributed by atoms with Crippen LogP contribution in [0.3, 0.4) is 0 Å². The van der Waals surface area contributed by atoms with E-state index < -0.39 is 33.4 Å². The highest BCUT2D eigenvalue weighted by atomic mass is 32.2. The van der Waals surface area contributed by atoms with Crippen LogP contribution >= 0.6 is 0 Å². The van der Waals surface area contributed by atoms with E-state index in [1.807, 2.05) is 6.92 Å². The predicted octanol–water partition coefficient (Wildman–Crippen LogP) is 5.24. The summed E-state index contributed by atoms with van der Waals surface area (Å²) in [6.45, 7) is 1.88. The van der Waals surface area contributed by atoms with Crippen LogP contribution in [0, 0.1) is 0 Å². The Labute approximate surface area is 138 Å². The van der Waals surface area contributed by atoms with Crippen molar-refractivity contribution in [2.45, 2.75) is 62.3 Å². The maximum atomic E-state index is 13.2. The topological polar surface area (TPSA) is 43.4 Å². The number of unbranched alkanes of at least 4 members (excludes halogenated alkanes) is 4. The quantitative estimate of drug-likeness (QED) is 0.214. The van der Waals surface area contributed by atoms with Gasteiger partial charge in [0.05, 0.1) is 0 Å². The normalized spacial score (nSPS) is 15.0. The summed E-state index contributed by atoms with van der Waals surface area (Å²) in [5, 5.41) is -6.83. The highest BCUT2D eigenvalue weighted by molar-refractivity contribution is 7.88. The van der Waals surface area contributed by atoms with Gasteiger partial charge in [-0.2, -0.15) is 47.9 Å². The van der Waals surface area contributed by atoms with E-state index in [4.69, 9.17) is 0 Å². The molecule has 0 aromatic rings. The Morgan fingerprint density at radius 3 is 1.80 bits per heavy atom. The van der Waals surface area contributed by atoms with Gasteiger partial charge in [-0.15, -0.1) is 0 Å². The second-order valence-corrected chi connectivity index (χ2v) is 6.55. The maximum Gasteiger partial charge on any atom is 0.460 e. The van der Waals surface area contributed by atoms with Crippen molar-refractivity contribution in [3.05, 3.63) is 12.3 Å². The van der Waals surface area contributed by atoms with Gasteiger partial charge in [-0.3, -0.25) is 0 Å². The van der Waals surface area contributed by atoms with E-state index in [1.54, 1.807) is 0 Å². The van der Waals surface area contributed by atoms with Crippen molar-refractivity contribution in [2.24, 2.45) is 0 Å². The average molecular weight is 410 g/mol. The standard InChI is InChI=1S/C12H15F9O3S/c1-2-3-4-5-6-7-8-24-25(22,23)12(20,21)10(15,16)9(13,14)11(17,18)19/h7-8H,2-6H2,1H3/b8-7+. The Kier molecular flexibility index (Phi) is 7.67. The van der Waals surface area contributed by atoms with Gasteiger partial charge < -0.3 is 4.18 Å². The molecular weight excluding hydrogens is 395 g/mol. The van der Waals surface area contributed by atoms with Crippen LogP contribution in [0.15, 0.2) is 12.3 Å². The molecule has 13 heteroatoms. The molecule has 0 aliphatic heterocycles. The second-order valence-electron chi connectivity index (χ2n) is 4.93. The smallest absolute Gasteiger partial charge is 0.386 e. The van der Waals surface area contributed by atoms with Crippen LogP contribution in [0.5, 0.6) is 0 Å². The summed E-state index contributed by atoms with van der Waals surface area (Å²) in [7, 11) is -6.81. The minimum atomic E-state index is -7.30. The summed E-state index contributed by atoms with van der Waals surface area (Å²) in [6, 6.07) is 0.